The van der Waals surface area contributed by atoms with Crippen molar-refractivity contribution < 1.29 is 4.42 Å². The molecule has 1 aromatic heterocycles. The quantitative estimate of drug-likeness (QED) is 0.699. The summed E-state index contributed by atoms with van der Waals surface area (Å²) in [5.41, 5.74) is 2.51. The lowest BCUT2D eigenvalue weighted by Crippen LogP contribution is -1.84. The Morgan fingerprint density at radius 3 is 2.56 bits per heavy atom. The first-order valence-corrected chi connectivity index (χ1v) is 6.33. The Kier molecular flexibility index (Phi) is 2.52. The lowest BCUT2D eigenvalue weighted by molar-refractivity contribution is 0.514. The number of halogens is 1. The van der Waals surface area contributed by atoms with Crippen molar-refractivity contribution in [1.29, 1.82) is 0 Å². The zero-order valence-electron chi connectivity index (χ0n) is 8.87. The van der Waals surface area contributed by atoms with E-state index in [9.17, 15) is 0 Å². The number of hydrogen-bond acceptors (Lipinski definition) is 0. The largest absolute Gasteiger partial charge is 0.360 e. The molecule has 80 valence electrons. The molecule has 0 atom stereocenters. The Balaban J connectivity index is 2.03. The summed E-state index contributed by atoms with van der Waals surface area (Å²) >= 11 is 3.44. The molecule has 1 aromatic carbocycles. The second-order valence-corrected chi connectivity index (χ2v) is 5.02. The van der Waals surface area contributed by atoms with Crippen LogP contribution in [-0.2, 0) is 12.8 Å². The average molecular weight is 276 g/mol. The molecule has 3 rings (SSSR count). The highest BCUT2D eigenvalue weighted by Crippen LogP contribution is 2.28. The molecule has 2 heteroatoms. The molecule has 0 unspecified atom stereocenters. The smallest absolute Gasteiger partial charge is 0.212 e. The van der Waals surface area contributed by atoms with Crippen LogP contribution in [0.25, 0.3) is 11.3 Å². The average Bonchev–Trinajstić information content (AvgIpc) is 2.77. The summed E-state index contributed by atoms with van der Waals surface area (Å²) in [6, 6.07) is 12.5. The molecule has 0 bridgehead atoms. The summed E-state index contributed by atoms with van der Waals surface area (Å²) in [5.74, 6) is 2.13. The topological polar surface area (TPSA) is 11.3 Å². The molecule has 1 aliphatic carbocycles. The van der Waals surface area contributed by atoms with Crippen LogP contribution < -0.4 is 0 Å². The third kappa shape index (κ3) is 1.78. The normalized spacial score (nSPS) is 13.8. The minimum Gasteiger partial charge on any atom is -0.212 e. The second kappa shape index (κ2) is 4.02. The maximum atomic E-state index is 5.93. The van der Waals surface area contributed by atoms with Crippen molar-refractivity contribution in [3.8, 4) is 11.3 Å². The van der Waals surface area contributed by atoms with Crippen molar-refractivity contribution in [3.63, 3.8) is 0 Å². The number of aryl methyl sites for hydroxylation is 2. The molecule has 2 aromatic rings. The summed E-state index contributed by atoms with van der Waals surface area (Å²) in [4.78, 5) is 0. The van der Waals surface area contributed by atoms with E-state index < -0.39 is 0 Å². The van der Waals surface area contributed by atoms with Crippen molar-refractivity contribution in [1.82, 2.24) is 0 Å². The first kappa shape index (κ1) is 10.0. The summed E-state index contributed by atoms with van der Waals surface area (Å²) in [7, 11) is 0. The molecule has 0 spiro atoms. The van der Waals surface area contributed by atoms with Gasteiger partial charge in [-0.3, -0.25) is 0 Å². The summed E-state index contributed by atoms with van der Waals surface area (Å²) in [6.45, 7) is 0. The van der Waals surface area contributed by atoms with E-state index in [2.05, 4.69) is 40.2 Å². The maximum Gasteiger partial charge on any atom is 0.360 e. The fourth-order valence-corrected chi connectivity index (χ4v) is 2.41. The van der Waals surface area contributed by atoms with E-state index >= 15 is 0 Å². The Bertz CT molecular complexity index is 517. The minimum atomic E-state index is 0.966. The molecule has 1 aliphatic rings. The van der Waals surface area contributed by atoms with Crippen LogP contribution in [0, 0.1) is 0 Å². The van der Waals surface area contributed by atoms with Gasteiger partial charge >= 0.3 is 11.5 Å². The van der Waals surface area contributed by atoms with E-state index in [0.717, 1.165) is 22.2 Å². The molecule has 0 saturated heterocycles. The highest BCUT2D eigenvalue weighted by Gasteiger charge is 2.24. The highest BCUT2D eigenvalue weighted by molar-refractivity contribution is 9.10. The molecule has 0 saturated carbocycles. The SMILES string of the molecule is Brc1ccc(-c2ccc3c([o+]2)CCC3)cc1. The minimum absolute atomic E-state index is 0.966. The van der Waals surface area contributed by atoms with Crippen LogP contribution in [-0.4, -0.2) is 0 Å². The number of rotatable bonds is 1. The van der Waals surface area contributed by atoms with Crippen LogP contribution in [0.5, 0.6) is 0 Å². The van der Waals surface area contributed by atoms with Gasteiger partial charge in [-0.15, -0.1) is 0 Å². The number of benzene rings is 1. The van der Waals surface area contributed by atoms with Crippen LogP contribution in [0.1, 0.15) is 17.7 Å². The van der Waals surface area contributed by atoms with Crippen LogP contribution in [0.15, 0.2) is 45.3 Å². The Hall–Kier alpha value is -1.15. The molecule has 0 amide bonds. The molecule has 16 heavy (non-hydrogen) atoms. The molecule has 1 heterocycles. The van der Waals surface area contributed by atoms with Gasteiger partial charge in [0.2, 0.25) is 0 Å². The highest BCUT2D eigenvalue weighted by atomic mass is 79.9. The van der Waals surface area contributed by atoms with E-state index in [1.54, 1.807) is 0 Å². The maximum absolute atomic E-state index is 5.93. The summed E-state index contributed by atoms with van der Waals surface area (Å²) in [6.07, 6.45) is 3.47. The lowest BCUT2D eigenvalue weighted by Gasteiger charge is -1.94. The number of hydrogen-bond donors (Lipinski definition) is 0. The summed E-state index contributed by atoms with van der Waals surface area (Å²) in [5, 5.41) is 0. The van der Waals surface area contributed by atoms with Gasteiger partial charge in [0.15, 0.2) is 0 Å². The molecule has 0 fully saturated rings. The summed E-state index contributed by atoms with van der Waals surface area (Å²) < 4.78 is 7.03. The predicted molar refractivity (Wildman–Crippen MR) is 68.3 cm³/mol. The van der Waals surface area contributed by atoms with Crippen molar-refractivity contribution in [2.75, 3.05) is 0 Å². The van der Waals surface area contributed by atoms with Crippen LogP contribution in [0.4, 0.5) is 0 Å². The zero-order valence-corrected chi connectivity index (χ0v) is 10.5. The fourth-order valence-electron chi connectivity index (χ4n) is 2.14. The Labute approximate surface area is 103 Å². The fraction of sp³-hybridized carbons (Fsp3) is 0.214. The van der Waals surface area contributed by atoms with E-state index in [1.807, 2.05) is 12.1 Å². The third-order valence-corrected chi connectivity index (χ3v) is 3.53. The molecule has 0 aliphatic heterocycles. The monoisotopic (exact) mass is 275 g/mol. The van der Waals surface area contributed by atoms with Gasteiger partial charge < -0.3 is 0 Å². The van der Waals surface area contributed by atoms with Crippen molar-refractivity contribution in [2.45, 2.75) is 19.3 Å². The molecule has 1 nitrogen and oxygen atoms in total. The van der Waals surface area contributed by atoms with Gasteiger partial charge in [-0.25, -0.2) is 4.42 Å². The lowest BCUT2D eigenvalue weighted by atomic mass is 10.1. The van der Waals surface area contributed by atoms with E-state index in [4.69, 9.17) is 4.42 Å². The van der Waals surface area contributed by atoms with Crippen molar-refractivity contribution >= 4 is 15.9 Å². The van der Waals surface area contributed by atoms with Gasteiger partial charge in [0.25, 0.3) is 0 Å². The van der Waals surface area contributed by atoms with Crippen molar-refractivity contribution in [2.24, 2.45) is 0 Å². The van der Waals surface area contributed by atoms with Gasteiger partial charge in [0.05, 0.1) is 17.5 Å². The first-order valence-electron chi connectivity index (χ1n) is 5.54. The van der Waals surface area contributed by atoms with Crippen molar-refractivity contribution in [3.05, 3.63) is 52.2 Å². The first-order chi connectivity index (χ1) is 7.83. The van der Waals surface area contributed by atoms with Crippen LogP contribution >= 0.6 is 15.9 Å². The third-order valence-electron chi connectivity index (χ3n) is 3.01. The predicted octanol–water partition coefficient (Wildman–Crippen LogP) is 4.48. The van der Waals surface area contributed by atoms with Gasteiger partial charge in [-0.2, -0.15) is 0 Å². The standard InChI is InChI=1S/C14H12BrO/c15-12-7-4-11(5-8-12)14-9-6-10-2-1-3-13(10)16-14/h4-9H,1-3H2/q+1. The Morgan fingerprint density at radius 2 is 1.75 bits per heavy atom. The number of fused-ring (bicyclic) bond motifs is 1. The van der Waals surface area contributed by atoms with E-state index in [-0.39, 0.29) is 0 Å². The van der Waals surface area contributed by atoms with Crippen LogP contribution in [0.3, 0.4) is 0 Å². The Morgan fingerprint density at radius 1 is 0.938 bits per heavy atom. The van der Waals surface area contributed by atoms with Gasteiger partial charge in [0, 0.05) is 10.5 Å². The molecule has 0 radical (unpaired) electrons. The zero-order chi connectivity index (χ0) is 11.0. The molecular weight excluding hydrogens is 264 g/mol. The van der Waals surface area contributed by atoms with E-state index in [0.29, 0.717) is 0 Å². The molecular formula is C14H12BrO+. The van der Waals surface area contributed by atoms with Gasteiger partial charge in [-0.1, -0.05) is 15.9 Å². The van der Waals surface area contributed by atoms with Gasteiger partial charge in [-0.05, 0) is 43.2 Å². The second-order valence-electron chi connectivity index (χ2n) is 4.11. The van der Waals surface area contributed by atoms with Crippen LogP contribution in [0.2, 0.25) is 0 Å². The molecule has 0 N–H and O–H groups in total. The van der Waals surface area contributed by atoms with Gasteiger partial charge in [0.1, 0.15) is 0 Å². The van der Waals surface area contributed by atoms with E-state index in [1.165, 1.54) is 24.2 Å².